The minimum atomic E-state index is -1.16. The Morgan fingerprint density at radius 1 is 1.00 bits per heavy atom. The molecule has 3 aromatic carbocycles. The fraction of sp³-hybridized carbons (Fsp3) is 0.120. The summed E-state index contributed by atoms with van der Waals surface area (Å²) in [7, 11) is 0. The van der Waals surface area contributed by atoms with E-state index < -0.39 is 29.3 Å². The van der Waals surface area contributed by atoms with Gasteiger partial charge in [-0.1, -0.05) is 66.4 Å². The molecule has 4 aromatic rings. The van der Waals surface area contributed by atoms with Gasteiger partial charge in [0.25, 0.3) is 5.56 Å². The van der Waals surface area contributed by atoms with Gasteiger partial charge in [-0.15, -0.1) is 0 Å². The third kappa shape index (κ3) is 5.15. The maximum absolute atomic E-state index is 14.6. The zero-order valence-corrected chi connectivity index (χ0v) is 18.7. The number of nitrogens with one attached hydrogen (secondary N) is 1. The van der Waals surface area contributed by atoms with Crippen molar-refractivity contribution in [2.45, 2.75) is 17.6 Å². The summed E-state index contributed by atoms with van der Waals surface area (Å²) < 4.78 is 15.7. The number of carboxylic acids is 1. The topological polar surface area (TPSA) is 101 Å². The van der Waals surface area contributed by atoms with E-state index in [-0.39, 0.29) is 23.0 Å². The molecule has 7 nitrogen and oxygen atoms in total. The lowest BCUT2D eigenvalue weighted by molar-refractivity contribution is -0.141. The van der Waals surface area contributed by atoms with Crippen LogP contribution in [0.1, 0.15) is 5.56 Å². The third-order valence-electron chi connectivity index (χ3n) is 5.09. The molecule has 34 heavy (non-hydrogen) atoms. The maximum Gasteiger partial charge on any atom is 0.326 e. The van der Waals surface area contributed by atoms with Crippen LogP contribution in [0.2, 0.25) is 0 Å². The summed E-state index contributed by atoms with van der Waals surface area (Å²) in [6.07, 6.45) is 0.126. The van der Waals surface area contributed by atoms with Crippen molar-refractivity contribution in [1.29, 1.82) is 0 Å². The third-order valence-corrected chi connectivity index (χ3v) is 6.03. The Hall–Kier alpha value is -3.98. The Bertz CT molecular complexity index is 1410. The molecule has 0 saturated carbocycles. The smallest absolute Gasteiger partial charge is 0.326 e. The van der Waals surface area contributed by atoms with Gasteiger partial charge in [0.1, 0.15) is 11.9 Å². The number of carbonyl (C=O) groups excluding carboxylic acids is 1. The number of hydrogen-bond donors (Lipinski definition) is 2. The summed E-state index contributed by atoms with van der Waals surface area (Å²) in [5.74, 6) is -2.52. The number of carbonyl (C=O) groups is 2. The summed E-state index contributed by atoms with van der Waals surface area (Å²) in [4.78, 5) is 41.9. The molecule has 0 saturated heterocycles. The first-order valence-electron chi connectivity index (χ1n) is 10.4. The fourth-order valence-electron chi connectivity index (χ4n) is 3.47. The number of halogens is 1. The minimum absolute atomic E-state index is 0.0150. The largest absolute Gasteiger partial charge is 0.480 e. The second-order valence-corrected chi connectivity index (χ2v) is 8.38. The van der Waals surface area contributed by atoms with Crippen LogP contribution in [-0.4, -0.2) is 38.3 Å². The van der Waals surface area contributed by atoms with E-state index in [9.17, 15) is 23.9 Å². The van der Waals surface area contributed by atoms with E-state index in [4.69, 9.17) is 0 Å². The molecule has 0 aliphatic heterocycles. The molecular formula is C25H20FN3O4S. The van der Waals surface area contributed by atoms with Gasteiger partial charge in [-0.25, -0.2) is 14.2 Å². The van der Waals surface area contributed by atoms with E-state index in [0.29, 0.717) is 10.9 Å². The SMILES string of the molecule is O=C(CSc1nc2ccccc2c(=O)n1-c1ccccc1F)N[C@H](Cc1ccccc1)C(=O)O. The number of thioether (sulfide) groups is 1. The number of carboxylic acid groups (broad SMARTS) is 1. The molecule has 0 fully saturated rings. The minimum Gasteiger partial charge on any atom is -0.480 e. The van der Waals surface area contributed by atoms with Crippen molar-refractivity contribution in [1.82, 2.24) is 14.9 Å². The molecule has 9 heteroatoms. The molecule has 1 atom stereocenters. The van der Waals surface area contributed by atoms with Crippen LogP contribution >= 0.6 is 11.8 Å². The van der Waals surface area contributed by atoms with Crippen LogP contribution in [0.5, 0.6) is 0 Å². The molecule has 1 aromatic heterocycles. The number of benzene rings is 3. The van der Waals surface area contributed by atoms with Gasteiger partial charge < -0.3 is 10.4 Å². The van der Waals surface area contributed by atoms with Crippen molar-refractivity contribution < 1.29 is 19.1 Å². The highest BCUT2D eigenvalue weighted by Crippen LogP contribution is 2.22. The van der Waals surface area contributed by atoms with E-state index in [1.54, 1.807) is 54.6 Å². The van der Waals surface area contributed by atoms with Crippen molar-refractivity contribution in [2.24, 2.45) is 0 Å². The van der Waals surface area contributed by atoms with Crippen LogP contribution in [0.25, 0.3) is 16.6 Å². The van der Waals surface area contributed by atoms with Crippen LogP contribution < -0.4 is 10.9 Å². The standard InChI is InChI=1S/C25H20FN3O4S/c26-18-11-5-7-13-21(18)29-23(31)17-10-4-6-12-19(17)28-25(29)34-15-22(30)27-20(24(32)33)14-16-8-2-1-3-9-16/h1-13,20H,14-15H2,(H,27,30)(H,32,33)/t20-/m1/s1. The van der Waals surface area contributed by atoms with E-state index in [1.807, 2.05) is 6.07 Å². The van der Waals surface area contributed by atoms with Crippen LogP contribution in [-0.2, 0) is 16.0 Å². The first kappa shape index (κ1) is 23.2. The predicted molar refractivity (Wildman–Crippen MR) is 128 cm³/mol. The number of rotatable bonds is 8. The van der Waals surface area contributed by atoms with Crippen LogP contribution in [0.3, 0.4) is 0 Å². The highest BCUT2D eigenvalue weighted by atomic mass is 32.2. The van der Waals surface area contributed by atoms with Crippen LogP contribution in [0.15, 0.2) is 88.8 Å². The molecule has 172 valence electrons. The first-order chi connectivity index (χ1) is 16.4. The second kappa shape index (κ2) is 10.3. The Labute approximate surface area is 198 Å². The lowest BCUT2D eigenvalue weighted by atomic mass is 10.1. The van der Waals surface area contributed by atoms with Gasteiger partial charge in [0.2, 0.25) is 5.91 Å². The lowest BCUT2D eigenvalue weighted by Crippen LogP contribution is -2.43. The van der Waals surface area contributed by atoms with Crippen molar-refractivity contribution in [3.8, 4) is 5.69 Å². The molecule has 4 rings (SSSR count). The summed E-state index contributed by atoms with van der Waals surface area (Å²) in [5.41, 5.74) is 0.732. The predicted octanol–water partition coefficient (Wildman–Crippen LogP) is 3.43. The van der Waals surface area contributed by atoms with Crippen LogP contribution in [0.4, 0.5) is 4.39 Å². The maximum atomic E-state index is 14.6. The number of amides is 1. The lowest BCUT2D eigenvalue weighted by Gasteiger charge is -2.16. The summed E-state index contributed by atoms with van der Waals surface area (Å²) in [5, 5.41) is 12.5. The molecular weight excluding hydrogens is 457 g/mol. The highest BCUT2D eigenvalue weighted by molar-refractivity contribution is 7.99. The number of nitrogens with zero attached hydrogens (tertiary/aromatic N) is 2. The molecule has 1 heterocycles. The van der Waals surface area contributed by atoms with Gasteiger partial charge >= 0.3 is 5.97 Å². The Kier molecular flexibility index (Phi) is 7.03. The molecule has 2 N–H and O–H groups in total. The summed E-state index contributed by atoms with van der Waals surface area (Å²) in [6.45, 7) is 0. The van der Waals surface area contributed by atoms with E-state index in [0.717, 1.165) is 21.9 Å². The zero-order valence-electron chi connectivity index (χ0n) is 17.8. The quantitative estimate of drug-likeness (QED) is 0.298. The Balaban J connectivity index is 1.60. The van der Waals surface area contributed by atoms with Gasteiger partial charge in [0.05, 0.1) is 22.3 Å². The number of hydrogen-bond acceptors (Lipinski definition) is 5. The summed E-state index contributed by atoms with van der Waals surface area (Å²) in [6, 6.07) is 20.3. The molecule has 0 bridgehead atoms. The van der Waals surface area contributed by atoms with E-state index in [1.165, 1.54) is 18.2 Å². The zero-order chi connectivity index (χ0) is 24.1. The van der Waals surface area contributed by atoms with E-state index in [2.05, 4.69) is 10.3 Å². The van der Waals surface area contributed by atoms with Crippen molar-refractivity contribution in [3.63, 3.8) is 0 Å². The fourth-order valence-corrected chi connectivity index (χ4v) is 4.29. The van der Waals surface area contributed by atoms with Crippen molar-refractivity contribution >= 4 is 34.5 Å². The summed E-state index contributed by atoms with van der Waals surface area (Å²) >= 11 is 0.928. The molecule has 0 aliphatic rings. The van der Waals surface area contributed by atoms with Gasteiger partial charge in [0, 0.05) is 6.42 Å². The highest BCUT2D eigenvalue weighted by Gasteiger charge is 2.22. The number of para-hydroxylation sites is 2. The molecule has 0 aliphatic carbocycles. The second-order valence-electron chi connectivity index (χ2n) is 7.44. The Morgan fingerprint density at radius 2 is 1.68 bits per heavy atom. The van der Waals surface area contributed by atoms with Gasteiger partial charge in [0.15, 0.2) is 5.16 Å². The number of fused-ring (bicyclic) bond motifs is 1. The average molecular weight is 478 g/mol. The first-order valence-corrected chi connectivity index (χ1v) is 11.4. The number of aromatic nitrogens is 2. The molecule has 0 unspecified atom stereocenters. The van der Waals surface area contributed by atoms with Crippen LogP contribution in [0, 0.1) is 5.82 Å². The molecule has 1 amide bonds. The molecule has 0 spiro atoms. The normalized spacial score (nSPS) is 11.8. The number of aliphatic carboxylic acids is 1. The Morgan fingerprint density at radius 3 is 2.41 bits per heavy atom. The van der Waals surface area contributed by atoms with Crippen molar-refractivity contribution in [2.75, 3.05) is 5.75 Å². The van der Waals surface area contributed by atoms with Crippen molar-refractivity contribution in [3.05, 3.63) is 101 Å². The monoisotopic (exact) mass is 477 g/mol. The van der Waals surface area contributed by atoms with Gasteiger partial charge in [-0.2, -0.15) is 0 Å². The molecule has 0 radical (unpaired) electrons. The van der Waals surface area contributed by atoms with E-state index >= 15 is 0 Å². The van der Waals surface area contributed by atoms with Gasteiger partial charge in [-0.3, -0.25) is 14.2 Å². The van der Waals surface area contributed by atoms with Gasteiger partial charge in [-0.05, 0) is 29.8 Å². The average Bonchev–Trinajstić information content (AvgIpc) is 2.84.